The zero-order chi connectivity index (χ0) is 45.9. The Balaban J connectivity index is 1.24. The molecule has 324 valence electrons. The van der Waals surface area contributed by atoms with Gasteiger partial charge in [0.1, 0.15) is 0 Å². The molecular formula is C65H51BN2. The molecule has 0 bridgehead atoms. The van der Waals surface area contributed by atoms with Crippen LogP contribution in [-0.4, -0.2) is 15.8 Å². The van der Waals surface area contributed by atoms with Gasteiger partial charge in [-0.3, -0.25) is 0 Å². The topological polar surface area (TPSA) is 9.86 Å². The Morgan fingerprint density at radius 3 is 1.71 bits per heavy atom. The number of hydrogen-bond acceptors (Lipinski definition) is 0. The van der Waals surface area contributed by atoms with Crippen molar-refractivity contribution in [3.05, 3.63) is 208 Å². The van der Waals surface area contributed by atoms with E-state index in [4.69, 9.17) is 0 Å². The highest BCUT2D eigenvalue weighted by Gasteiger charge is 2.55. The minimum atomic E-state index is -0.561. The number of aryl methyl sites for hydroxylation is 2. The van der Waals surface area contributed by atoms with E-state index in [-0.39, 0.29) is 17.5 Å². The first-order chi connectivity index (χ1) is 32.8. The van der Waals surface area contributed by atoms with Gasteiger partial charge in [0.15, 0.2) is 0 Å². The first-order valence-electron chi connectivity index (χ1n) is 24.6. The molecule has 1 aliphatic carbocycles. The molecule has 0 saturated heterocycles. The molecule has 11 aromatic rings. The molecule has 0 N–H and O–H groups in total. The highest BCUT2D eigenvalue weighted by molar-refractivity contribution is 7.01. The second-order valence-electron chi connectivity index (χ2n) is 22.6. The van der Waals surface area contributed by atoms with E-state index in [0.29, 0.717) is 0 Å². The Kier molecular flexibility index (Phi) is 7.17. The zero-order valence-corrected chi connectivity index (χ0v) is 40.1. The summed E-state index contributed by atoms with van der Waals surface area (Å²) in [5.41, 5.74) is 28.8. The van der Waals surface area contributed by atoms with Gasteiger partial charge >= 0.3 is 0 Å². The summed E-state index contributed by atoms with van der Waals surface area (Å²) >= 11 is 0. The molecule has 9 aromatic carbocycles. The van der Waals surface area contributed by atoms with Crippen LogP contribution in [0, 0.1) is 13.8 Å². The predicted octanol–water partition coefficient (Wildman–Crippen LogP) is 14.2. The van der Waals surface area contributed by atoms with E-state index in [0.717, 1.165) is 0 Å². The first kappa shape index (κ1) is 38.7. The summed E-state index contributed by atoms with van der Waals surface area (Å²) < 4.78 is 5.48. The van der Waals surface area contributed by atoms with Gasteiger partial charge in [0, 0.05) is 38.6 Å². The van der Waals surface area contributed by atoms with Crippen LogP contribution in [0.5, 0.6) is 0 Å². The van der Waals surface area contributed by atoms with Crippen molar-refractivity contribution in [3.63, 3.8) is 0 Å². The number of aromatic nitrogens is 2. The normalized spacial score (nSPS) is 14.6. The van der Waals surface area contributed by atoms with Crippen LogP contribution in [-0.2, 0) is 16.2 Å². The van der Waals surface area contributed by atoms with Crippen molar-refractivity contribution in [2.45, 2.75) is 71.6 Å². The Morgan fingerprint density at radius 1 is 0.441 bits per heavy atom. The van der Waals surface area contributed by atoms with Crippen LogP contribution in [0.4, 0.5) is 0 Å². The maximum absolute atomic E-state index is 2.78. The lowest BCUT2D eigenvalue weighted by Crippen LogP contribution is -2.61. The number of benzene rings is 9. The Hall–Kier alpha value is -7.36. The molecule has 0 radical (unpaired) electrons. The van der Waals surface area contributed by atoms with Crippen LogP contribution < -0.4 is 16.4 Å². The van der Waals surface area contributed by atoms with Crippen LogP contribution in [0.2, 0.25) is 0 Å². The van der Waals surface area contributed by atoms with Crippen LogP contribution in [0.1, 0.15) is 86.1 Å². The largest absolute Gasteiger partial charge is 0.310 e. The first-order valence-corrected chi connectivity index (χ1v) is 24.6. The van der Waals surface area contributed by atoms with Gasteiger partial charge in [-0.15, -0.1) is 0 Å². The van der Waals surface area contributed by atoms with Gasteiger partial charge in [-0.05, 0) is 132 Å². The number of nitrogens with zero attached hydrogens (tertiary/aromatic N) is 2. The molecule has 2 aromatic heterocycles. The monoisotopic (exact) mass is 870 g/mol. The molecule has 0 saturated carbocycles. The molecule has 3 aliphatic heterocycles. The minimum absolute atomic E-state index is 0.0270. The molecular weight excluding hydrogens is 820 g/mol. The smallest absolute Gasteiger partial charge is 0.253 e. The molecule has 5 heterocycles. The van der Waals surface area contributed by atoms with Gasteiger partial charge in [0.25, 0.3) is 6.71 Å². The van der Waals surface area contributed by atoms with E-state index in [9.17, 15) is 0 Å². The summed E-state index contributed by atoms with van der Waals surface area (Å²) in [5, 5.41) is 6.65. The summed E-state index contributed by atoms with van der Waals surface area (Å²) in [4.78, 5) is 0. The Labute approximate surface area is 398 Å². The fraction of sp³-hybridized carbons (Fsp3) is 0.169. The fourth-order valence-corrected chi connectivity index (χ4v) is 13.7. The Bertz CT molecular complexity index is 4060. The average molecular weight is 871 g/mol. The van der Waals surface area contributed by atoms with E-state index < -0.39 is 5.41 Å². The van der Waals surface area contributed by atoms with E-state index in [2.05, 4.69) is 228 Å². The van der Waals surface area contributed by atoms with E-state index in [1.807, 2.05) is 0 Å². The SMILES string of the molecule is Cc1ccc2c(c1)C1(c3cc(C)ccc3-2)c2ccc3c4c2-n2c5c(cc(C(C)(C)C)cc5c5cc(C(C)(C)C)cc1c52)B4c1c2ccccc2cc2c(-c4ccccc4)c(-c4ccccc4)n-3c12. The van der Waals surface area contributed by atoms with E-state index in [1.165, 1.54) is 149 Å². The van der Waals surface area contributed by atoms with Crippen molar-refractivity contribution in [1.29, 1.82) is 0 Å². The van der Waals surface area contributed by atoms with Crippen molar-refractivity contribution >= 4 is 66.6 Å². The molecule has 3 heteroatoms. The molecule has 0 atom stereocenters. The maximum atomic E-state index is 2.78. The molecule has 0 amide bonds. The fourth-order valence-electron chi connectivity index (χ4n) is 13.7. The highest BCUT2D eigenvalue weighted by Crippen LogP contribution is 2.62. The number of rotatable bonds is 2. The van der Waals surface area contributed by atoms with Gasteiger partial charge in [-0.1, -0.05) is 192 Å². The molecule has 15 rings (SSSR count). The lowest BCUT2D eigenvalue weighted by atomic mass is 9.33. The predicted molar refractivity (Wildman–Crippen MR) is 288 cm³/mol. The molecule has 4 aliphatic rings. The van der Waals surface area contributed by atoms with Gasteiger partial charge < -0.3 is 9.13 Å². The van der Waals surface area contributed by atoms with E-state index in [1.54, 1.807) is 0 Å². The number of fused-ring (bicyclic) bond motifs is 13. The van der Waals surface area contributed by atoms with Gasteiger partial charge in [-0.2, -0.15) is 0 Å². The van der Waals surface area contributed by atoms with E-state index >= 15 is 0 Å². The third-order valence-corrected chi connectivity index (χ3v) is 16.6. The molecule has 68 heavy (non-hydrogen) atoms. The summed E-state index contributed by atoms with van der Waals surface area (Å²) in [6.45, 7) is 18.9. The van der Waals surface area contributed by atoms with Crippen molar-refractivity contribution in [2.24, 2.45) is 0 Å². The van der Waals surface area contributed by atoms with Crippen molar-refractivity contribution in [1.82, 2.24) is 9.13 Å². The summed E-state index contributed by atoms with van der Waals surface area (Å²) in [6, 6.07) is 64.2. The average Bonchev–Trinajstić information content (AvgIpc) is 3.95. The second-order valence-corrected chi connectivity index (χ2v) is 22.6. The van der Waals surface area contributed by atoms with Crippen molar-refractivity contribution in [3.8, 4) is 44.9 Å². The van der Waals surface area contributed by atoms with Crippen LogP contribution in [0.25, 0.3) is 88.4 Å². The van der Waals surface area contributed by atoms with Crippen molar-refractivity contribution < 1.29 is 0 Å². The molecule has 2 nitrogen and oxygen atoms in total. The lowest BCUT2D eigenvalue weighted by molar-refractivity contribution is 0.588. The third kappa shape index (κ3) is 4.56. The quantitative estimate of drug-likeness (QED) is 0.153. The zero-order valence-electron chi connectivity index (χ0n) is 40.1. The summed E-state index contributed by atoms with van der Waals surface area (Å²) in [7, 11) is 0. The summed E-state index contributed by atoms with van der Waals surface area (Å²) in [5.74, 6) is 0. The lowest BCUT2D eigenvalue weighted by Gasteiger charge is -2.44. The van der Waals surface area contributed by atoms with Gasteiger partial charge in [-0.25, -0.2) is 0 Å². The minimum Gasteiger partial charge on any atom is -0.310 e. The molecule has 1 spiro atoms. The molecule has 0 unspecified atom stereocenters. The highest BCUT2D eigenvalue weighted by atomic mass is 15.1. The Morgan fingerprint density at radius 2 is 1.04 bits per heavy atom. The second kappa shape index (κ2) is 12.6. The van der Waals surface area contributed by atoms with Gasteiger partial charge in [0.2, 0.25) is 0 Å². The van der Waals surface area contributed by atoms with Gasteiger partial charge in [0.05, 0.1) is 22.1 Å². The molecule has 0 fully saturated rings. The standard InChI is InChI=1S/C65H51BN2/c1-36-23-25-44-45-26-24-37(2)30-51(45)65(50(44)29-36)49-27-28-54-57-62(49)68-59-46(32-41(34-52(59)65)63(3,4)5)47-33-42(64(6,7)8)35-53(60(47)68)66(57)56-43-22-16-15-21-40(43)31-48-55(38-17-11-9-12-18-38)58(67(54)61(48)56)39-19-13-10-14-20-39/h9-35H,1-8H3. The summed E-state index contributed by atoms with van der Waals surface area (Å²) in [6.07, 6.45) is 0. The number of hydrogen-bond donors (Lipinski definition) is 0. The maximum Gasteiger partial charge on any atom is 0.253 e. The van der Waals surface area contributed by atoms with Crippen LogP contribution >= 0.6 is 0 Å². The van der Waals surface area contributed by atoms with Crippen LogP contribution in [0.15, 0.2) is 164 Å². The van der Waals surface area contributed by atoms with Crippen LogP contribution in [0.3, 0.4) is 0 Å². The third-order valence-electron chi connectivity index (χ3n) is 16.6. The van der Waals surface area contributed by atoms with Crippen molar-refractivity contribution in [2.75, 3.05) is 0 Å².